The third-order valence-corrected chi connectivity index (χ3v) is 3.80. The van der Waals surface area contributed by atoms with Gasteiger partial charge in [-0.25, -0.2) is 4.39 Å². The third-order valence-electron chi connectivity index (χ3n) is 3.80. The topological polar surface area (TPSA) is 43.7 Å². The fraction of sp³-hybridized carbons (Fsp3) is 0.571. The highest BCUT2D eigenvalue weighted by atomic mass is 19.1. The van der Waals surface area contributed by atoms with Crippen LogP contribution in [-0.2, 0) is 0 Å². The smallest absolute Gasteiger partial charge is 0.423 e. The van der Waals surface area contributed by atoms with Crippen molar-refractivity contribution in [2.45, 2.75) is 31.9 Å². The molecule has 0 aromatic heterocycles. The molecule has 2 rings (SSSR count). The molecule has 104 valence electrons. The van der Waals surface area contributed by atoms with E-state index in [2.05, 4.69) is 4.90 Å². The minimum absolute atomic E-state index is 0.496. The van der Waals surface area contributed by atoms with Gasteiger partial charge in [-0.2, -0.15) is 0 Å². The molecule has 2 N–H and O–H groups in total. The van der Waals surface area contributed by atoms with Crippen molar-refractivity contribution < 1.29 is 14.4 Å². The molecule has 1 aromatic rings. The van der Waals surface area contributed by atoms with E-state index >= 15 is 0 Å². The summed E-state index contributed by atoms with van der Waals surface area (Å²) in [7, 11) is -1.40. The van der Waals surface area contributed by atoms with Gasteiger partial charge in [0.25, 0.3) is 0 Å². The maximum absolute atomic E-state index is 12.9. The molecule has 1 aliphatic rings. The molecule has 0 bridgehead atoms. The van der Waals surface area contributed by atoms with Crippen molar-refractivity contribution in [2.75, 3.05) is 19.6 Å². The molecule has 1 aliphatic heterocycles. The highest BCUT2D eigenvalue weighted by Gasteiger charge is 2.22. The number of nitrogens with zero attached hydrogens (tertiary/aromatic N) is 1. The Balaban J connectivity index is 1.90. The van der Waals surface area contributed by atoms with E-state index in [1.54, 1.807) is 19.1 Å². The van der Waals surface area contributed by atoms with Gasteiger partial charge >= 0.3 is 7.12 Å². The van der Waals surface area contributed by atoms with Crippen molar-refractivity contribution in [1.82, 2.24) is 4.90 Å². The lowest BCUT2D eigenvalue weighted by molar-refractivity contribution is 0.165. The fourth-order valence-corrected chi connectivity index (χ4v) is 2.74. The van der Waals surface area contributed by atoms with Gasteiger partial charge in [-0.1, -0.05) is 24.3 Å². The normalized spacial score (nSPS) is 19.4. The van der Waals surface area contributed by atoms with E-state index in [4.69, 9.17) is 10.0 Å². The van der Waals surface area contributed by atoms with Crippen molar-refractivity contribution in [1.29, 1.82) is 0 Å². The van der Waals surface area contributed by atoms with Crippen molar-refractivity contribution in [2.24, 2.45) is 0 Å². The zero-order valence-electron chi connectivity index (χ0n) is 11.3. The van der Waals surface area contributed by atoms with Gasteiger partial charge in [0, 0.05) is 6.54 Å². The first-order chi connectivity index (χ1) is 9.06. The summed E-state index contributed by atoms with van der Waals surface area (Å²) in [6.07, 6.45) is 1.31. The average molecular weight is 265 g/mol. The van der Waals surface area contributed by atoms with Crippen LogP contribution in [0.5, 0.6) is 0 Å². The van der Waals surface area contributed by atoms with Crippen LogP contribution in [0.25, 0.3) is 0 Å². The van der Waals surface area contributed by atoms with Crippen LogP contribution in [-0.4, -0.2) is 47.9 Å². The molecule has 0 amide bonds. The Kier molecular flexibility index (Phi) is 4.96. The van der Waals surface area contributed by atoms with Crippen LogP contribution in [0.1, 0.15) is 31.2 Å². The van der Waals surface area contributed by atoms with Crippen molar-refractivity contribution in [3.63, 3.8) is 0 Å². The summed E-state index contributed by atoms with van der Waals surface area (Å²) in [4.78, 5) is 2.17. The van der Waals surface area contributed by atoms with Crippen LogP contribution >= 0.6 is 0 Å². The van der Waals surface area contributed by atoms with Gasteiger partial charge < -0.3 is 14.9 Å². The van der Waals surface area contributed by atoms with Crippen molar-refractivity contribution in [3.8, 4) is 0 Å². The van der Waals surface area contributed by atoms with Gasteiger partial charge in [0.1, 0.15) is 6.17 Å². The molecule has 1 heterocycles. The molecule has 1 fully saturated rings. The Morgan fingerprint density at radius 2 is 1.84 bits per heavy atom. The van der Waals surface area contributed by atoms with Crippen molar-refractivity contribution >= 4 is 12.6 Å². The number of hydrogen-bond acceptors (Lipinski definition) is 3. The van der Waals surface area contributed by atoms with Crippen LogP contribution in [0, 0.1) is 0 Å². The quantitative estimate of drug-likeness (QED) is 0.795. The van der Waals surface area contributed by atoms with Crippen LogP contribution in [0.15, 0.2) is 24.3 Å². The van der Waals surface area contributed by atoms with Gasteiger partial charge in [0.05, 0.1) is 0 Å². The summed E-state index contributed by atoms with van der Waals surface area (Å²) >= 11 is 0. The second-order valence-corrected chi connectivity index (χ2v) is 5.40. The predicted molar refractivity (Wildman–Crippen MR) is 75.3 cm³/mol. The summed E-state index contributed by atoms with van der Waals surface area (Å²) in [5.41, 5.74) is 1.75. The molecule has 5 heteroatoms. The highest BCUT2D eigenvalue weighted by Crippen LogP contribution is 2.27. The summed E-state index contributed by atoms with van der Waals surface area (Å²) in [5.74, 6) is 0.496. The predicted octanol–water partition coefficient (Wildman–Crippen LogP) is 0.904. The van der Waals surface area contributed by atoms with Gasteiger partial charge in [0.2, 0.25) is 0 Å². The molecule has 1 saturated heterocycles. The Labute approximate surface area is 114 Å². The molecule has 0 aliphatic carbocycles. The van der Waals surface area contributed by atoms with E-state index in [-0.39, 0.29) is 0 Å². The second-order valence-electron chi connectivity index (χ2n) is 5.40. The maximum atomic E-state index is 12.9. The number of piperidine rings is 1. The monoisotopic (exact) mass is 265 g/mol. The number of alkyl halides is 1. The molecule has 1 atom stereocenters. The second kappa shape index (κ2) is 6.50. The molecule has 19 heavy (non-hydrogen) atoms. The minimum Gasteiger partial charge on any atom is -0.423 e. The molecule has 0 spiro atoms. The first kappa shape index (κ1) is 14.5. The van der Waals surface area contributed by atoms with Crippen LogP contribution < -0.4 is 5.46 Å². The maximum Gasteiger partial charge on any atom is 0.488 e. The summed E-state index contributed by atoms with van der Waals surface area (Å²) in [6.45, 7) is 4.00. The number of likely N-dealkylation sites (tertiary alicyclic amines) is 1. The fourth-order valence-electron chi connectivity index (χ4n) is 2.74. The van der Waals surface area contributed by atoms with E-state index in [0.717, 1.165) is 25.9 Å². The van der Waals surface area contributed by atoms with Crippen LogP contribution in [0.3, 0.4) is 0 Å². The largest absolute Gasteiger partial charge is 0.488 e. The van der Waals surface area contributed by atoms with E-state index < -0.39 is 13.3 Å². The Morgan fingerprint density at radius 1 is 1.26 bits per heavy atom. The van der Waals surface area contributed by atoms with Crippen molar-refractivity contribution in [3.05, 3.63) is 29.8 Å². The summed E-state index contributed by atoms with van der Waals surface area (Å²) in [6, 6.07) is 7.45. The number of rotatable bonds is 4. The van der Waals surface area contributed by atoms with E-state index in [1.165, 1.54) is 5.56 Å². The molecule has 1 unspecified atom stereocenters. The lowest BCUT2D eigenvalue weighted by atomic mass is 9.78. The van der Waals surface area contributed by atoms with E-state index in [9.17, 15) is 4.39 Å². The first-order valence-electron chi connectivity index (χ1n) is 6.88. The zero-order chi connectivity index (χ0) is 13.8. The van der Waals surface area contributed by atoms with Gasteiger partial charge in [0.15, 0.2) is 0 Å². The Morgan fingerprint density at radius 3 is 2.32 bits per heavy atom. The molecular formula is C14H21BFNO2. The number of benzene rings is 1. The van der Waals surface area contributed by atoms with Gasteiger partial charge in [-0.3, -0.25) is 0 Å². The SMILES string of the molecule is CC(F)CN1CCC(c2ccc(B(O)O)cc2)CC1. The first-order valence-corrected chi connectivity index (χ1v) is 6.88. The molecule has 0 saturated carbocycles. The standard InChI is InChI=1S/C14H21BFNO2/c1-11(16)10-17-8-6-13(7-9-17)12-2-4-14(5-3-12)15(18)19/h2-5,11,13,18-19H,6-10H2,1H3. The minimum atomic E-state index is -1.40. The van der Waals surface area contributed by atoms with E-state index in [0.29, 0.717) is 17.9 Å². The number of hydrogen-bond donors (Lipinski definition) is 2. The Hall–Kier alpha value is -0.905. The van der Waals surface area contributed by atoms with Gasteiger partial charge in [-0.05, 0) is 49.8 Å². The molecule has 0 radical (unpaired) electrons. The lowest BCUT2D eigenvalue weighted by Crippen LogP contribution is -2.36. The molecule has 1 aromatic carbocycles. The molecule has 3 nitrogen and oxygen atoms in total. The highest BCUT2D eigenvalue weighted by molar-refractivity contribution is 6.58. The van der Waals surface area contributed by atoms with Crippen LogP contribution in [0.4, 0.5) is 4.39 Å². The van der Waals surface area contributed by atoms with Gasteiger partial charge in [-0.15, -0.1) is 0 Å². The third kappa shape index (κ3) is 4.03. The number of halogens is 1. The zero-order valence-corrected chi connectivity index (χ0v) is 11.3. The van der Waals surface area contributed by atoms with E-state index in [1.807, 2.05) is 12.1 Å². The molecular weight excluding hydrogens is 244 g/mol. The summed E-state index contributed by atoms with van der Waals surface area (Å²) in [5, 5.41) is 18.1. The van der Waals surface area contributed by atoms with Crippen LogP contribution in [0.2, 0.25) is 0 Å². The lowest BCUT2D eigenvalue weighted by Gasteiger charge is -2.32. The Bertz CT molecular complexity index is 389. The summed E-state index contributed by atoms with van der Waals surface area (Å²) < 4.78 is 12.9. The average Bonchev–Trinajstić information content (AvgIpc) is 2.39.